The Balaban J connectivity index is 2.54. The molecule has 1 aliphatic heterocycles. The Morgan fingerprint density at radius 1 is 1.47 bits per heavy atom. The molecule has 5 nitrogen and oxygen atoms in total. The summed E-state index contributed by atoms with van der Waals surface area (Å²) in [6.07, 6.45) is 0. The molecule has 0 spiro atoms. The highest BCUT2D eigenvalue weighted by Crippen LogP contribution is 2.35. The summed E-state index contributed by atoms with van der Waals surface area (Å²) < 4.78 is 29.4. The molecule has 1 heterocycles. The number of hydrogen-bond donors (Lipinski definition) is 1. The normalized spacial score (nSPS) is 17.9. The first-order valence-corrected chi connectivity index (χ1v) is 6.07. The van der Waals surface area contributed by atoms with Gasteiger partial charge in [0, 0.05) is 19.8 Å². The molecule has 15 heavy (non-hydrogen) atoms. The van der Waals surface area contributed by atoms with Crippen molar-refractivity contribution < 1.29 is 13.2 Å². The van der Waals surface area contributed by atoms with E-state index in [9.17, 15) is 8.42 Å². The number of anilines is 2. The zero-order chi connectivity index (χ0) is 11.1. The fourth-order valence-corrected chi connectivity index (χ4v) is 2.28. The second-order valence-electron chi connectivity index (χ2n) is 3.27. The quantitative estimate of drug-likeness (QED) is 0.774. The summed E-state index contributed by atoms with van der Waals surface area (Å²) >= 11 is 0. The fourth-order valence-electron chi connectivity index (χ4n) is 1.41. The van der Waals surface area contributed by atoms with Gasteiger partial charge in [-0.1, -0.05) is 0 Å². The number of benzene rings is 1. The molecule has 6 heteroatoms. The van der Waals surface area contributed by atoms with E-state index < -0.39 is 10.0 Å². The van der Waals surface area contributed by atoms with Crippen LogP contribution in [0.5, 0.6) is 5.75 Å². The summed E-state index contributed by atoms with van der Waals surface area (Å²) in [4.78, 5) is 0. The van der Waals surface area contributed by atoms with Crippen molar-refractivity contribution in [3.63, 3.8) is 0 Å². The van der Waals surface area contributed by atoms with Gasteiger partial charge in [0.05, 0.1) is 5.69 Å². The van der Waals surface area contributed by atoms with Crippen LogP contribution < -0.4 is 14.4 Å². The summed E-state index contributed by atoms with van der Waals surface area (Å²) in [5.74, 6) is 0.293. The van der Waals surface area contributed by atoms with Crippen molar-refractivity contribution in [1.29, 1.82) is 0 Å². The molecule has 1 aromatic carbocycles. The highest BCUT2D eigenvalue weighted by atomic mass is 32.2. The van der Waals surface area contributed by atoms with Gasteiger partial charge < -0.3 is 10.1 Å². The van der Waals surface area contributed by atoms with Gasteiger partial charge in [0.2, 0.25) is 5.94 Å². The molecule has 1 aliphatic rings. The number of ether oxygens (including phenoxy) is 1. The molecule has 0 atom stereocenters. The molecule has 0 saturated carbocycles. The number of sulfonamides is 1. The summed E-state index contributed by atoms with van der Waals surface area (Å²) in [5.41, 5.74) is 1.41. The molecule has 0 bridgehead atoms. The van der Waals surface area contributed by atoms with Crippen molar-refractivity contribution in [2.45, 2.75) is 0 Å². The van der Waals surface area contributed by atoms with Crippen molar-refractivity contribution >= 4 is 21.4 Å². The number of hydrogen-bond acceptors (Lipinski definition) is 4. The van der Waals surface area contributed by atoms with Gasteiger partial charge in [0.1, 0.15) is 5.75 Å². The van der Waals surface area contributed by atoms with E-state index in [0.29, 0.717) is 11.4 Å². The van der Waals surface area contributed by atoms with Crippen LogP contribution in [0, 0.1) is 0 Å². The molecule has 0 radical (unpaired) electrons. The fraction of sp³-hybridized carbons (Fsp3) is 0.333. The second kappa shape index (κ2) is 3.30. The van der Waals surface area contributed by atoms with Gasteiger partial charge in [-0.3, -0.25) is 4.31 Å². The van der Waals surface area contributed by atoms with E-state index in [-0.39, 0.29) is 5.94 Å². The van der Waals surface area contributed by atoms with Gasteiger partial charge in [-0.15, -0.1) is 0 Å². The van der Waals surface area contributed by atoms with E-state index in [2.05, 4.69) is 5.32 Å². The van der Waals surface area contributed by atoms with Gasteiger partial charge in [-0.05, 0) is 18.2 Å². The minimum atomic E-state index is -3.32. The Morgan fingerprint density at radius 2 is 2.20 bits per heavy atom. The average molecular weight is 228 g/mol. The predicted octanol–water partition coefficient (Wildman–Crippen LogP) is 0.844. The molecular weight excluding hydrogens is 216 g/mol. The van der Waals surface area contributed by atoms with Crippen LogP contribution in [0.2, 0.25) is 0 Å². The van der Waals surface area contributed by atoms with E-state index in [0.717, 1.165) is 5.69 Å². The molecule has 1 aromatic rings. The zero-order valence-corrected chi connectivity index (χ0v) is 9.34. The minimum Gasteiger partial charge on any atom is -0.474 e. The maximum atomic E-state index is 11.5. The van der Waals surface area contributed by atoms with Gasteiger partial charge in [-0.25, -0.2) is 8.42 Å². The highest BCUT2D eigenvalue weighted by Gasteiger charge is 2.27. The van der Waals surface area contributed by atoms with Crippen LogP contribution in [0.3, 0.4) is 0 Å². The Kier molecular flexibility index (Phi) is 2.22. The van der Waals surface area contributed by atoms with E-state index in [1.165, 1.54) is 11.4 Å². The lowest BCUT2D eigenvalue weighted by Gasteiger charge is -2.27. The van der Waals surface area contributed by atoms with Crippen LogP contribution in [0.25, 0.3) is 0 Å². The first-order valence-electron chi connectivity index (χ1n) is 4.46. The van der Waals surface area contributed by atoms with Crippen molar-refractivity contribution in [1.82, 2.24) is 0 Å². The van der Waals surface area contributed by atoms with Gasteiger partial charge in [0.25, 0.3) is 10.0 Å². The Morgan fingerprint density at radius 3 is 2.87 bits per heavy atom. The van der Waals surface area contributed by atoms with Crippen molar-refractivity contribution in [3.8, 4) is 5.75 Å². The Hall–Kier alpha value is -1.43. The molecule has 0 aromatic heterocycles. The van der Waals surface area contributed by atoms with E-state index in [4.69, 9.17) is 4.74 Å². The number of rotatable bonds is 1. The SMILES string of the molecule is CNc1ccc2c(c1)N(C)S(=O)(=O)CO2. The third kappa shape index (κ3) is 1.61. The van der Waals surface area contributed by atoms with Crippen LogP contribution in [0.15, 0.2) is 18.2 Å². The van der Waals surface area contributed by atoms with Crippen LogP contribution in [0.4, 0.5) is 11.4 Å². The average Bonchev–Trinajstić information content (AvgIpc) is 2.24. The van der Waals surface area contributed by atoms with E-state index >= 15 is 0 Å². The first kappa shape index (κ1) is 10.1. The molecule has 0 amide bonds. The van der Waals surface area contributed by atoms with Gasteiger partial charge in [0.15, 0.2) is 0 Å². The molecule has 2 rings (SSSR count). The smallest absolute Gasteiger partial charge is 0.270 e. The minimum absolute atomic E-state index is 0.296. The van der Waals surface area contributed by atoms with Crippen LogP contribution in [-0.4, -0.2) is 28.5 Å². The number of nitrogens with zero attached hydrogens (tertiary/aromatic N) is 1. The van der Waals surface area contributed by atoms with E-state index in [1.54, 1.807) is 19.2 Å². The van der Waals surface area contributed by atoms with E-state index in [1.807, 2.05) is 6.07 Å². The molecule has 1 N–H and O–H groups in total. The maximum Gasteiger partial charge on any atom is 0.270 e. The lowest BCUT2D eigenvalue weighted by Crippen LogP contribution is -2.35. The Labute approximate surface area is 88.7 Å². The summed E-state index contributed by atoms with van der Waals surface area (Å²) in [7, 11) is -0.0149. The standard InChI is InChI=1S/C9H12N2O3S/c1-10-7-3-4-9-8(5-7)11(2)15(12,13)6-14-9/h3-5,10H,6H2,1-2H3. The third-order valence-electron chi connectivity index (χ3n) is 2.37. The lowest BCUT2D eigenvalue weighted by molar-refractivity contribution is 0.370. The molecule has 0 saturated heterocycles. The molecule has 0 aliphatic carbocycles. The van der Waals surface area contributed by atoms with Gasteiger partial charge in [-0.2, -0.15) is 0 Å². The number of nitrogens with one attached hydrogen (secondary N) is 1. The summed E-state index contributed by atoms with van der Waals surface area (Å²) in [5, 5.41) is 2.95. The summed E-state index contributed by atoms with van der Waals surface area (Å²) in [6, 6.07) is 5.34. The van der Waals surface area contributed by atoms with Crippen LogP contribution in [-0.2, 0) is 10.0 Å². The van der Waals surface area contributed by atoms with Gasteiger partial charge >= 0.3 is 0 Å². The second-order valence-corrected chi connectivity index (χ2v) is 5.22. The molecular formula is C9H12N2O3S. The van der Waals surface area contributed by atoms with Crippen LogP contribution in [0.1, 0.15) is 0 Å². The highest BCUT2D eigenvalue weighted by molar-refractivity contribution is 7.92. The largest absolute Gasteiger partial charge is 0.474 e. The zero-order valence-electron chi connectivity index (χ0n) is 8.52. The molecule has 82 valence electrons. The topological polar surface area (TPSA) is 58.6 Å². The van der Waals surface area contributed by atoms with Crippen molar-refractivity contribution in [2.75, 3.05) is 29.7 Å². The first-order chi connectivity index (χ1) is 7.04. The lowest BCUT2D eigenvalue weighted by atomic mass is 10.2. The summed E-state index contributed by atoms with van der Waals surface area (Å²) in [6.45, 7) is 0. The van der Waals surface area contributed by atoms with Crippen molar-refractivity contribution in [2.24, 2.45) is 0 Å². The number of fused-ring (bicyclic) bond motifs is 1. The molecule has 0 unspecified atom stereocenters. The molecule has 0 fully saturated rings. The predicted molar refractivity (Wildman–Crippen MR) is 58.8 cm³/mol. The monoisotopic (exact) mass is 228 g/mol. The van der Waals surface area contributed by atoms with Crippen LogP contribution >= 0.6 is 0 Å². The Bertz CT molecular complexity index is 484. The van der Waals surface area contributed by atoms with Crippen molar-refractivity contribution in [3.05, 3.63) is 18.2 Å². The third-order valence-corrected chi connectivity index (χ3v) is 3.81. The maximum absolute atomic E-state index is 11.5.